The lowest BCUT2D eigenvalue weighted by molar-refractivity contribution is 0.501. The zero-order valence-electron chi connectivity index (χ0n) is 11.0. The van der Waals surface area contributed by atoms with Gasteiger partial charge >= 0.3 is 0 Å². The van der Waals surface area contributed by atoms with Gasteiger partial charge in [-0.05, 0) is 50.7 Å². The van der Waals surface area contributed by atoms with Gasteiger partial charge in [0.25, 0.3) is 0 Å². The van der Waals surface area contributed by atoms with Crippen LogP contribution in [0.5, 0.6) is 0 Å². The molecule has 90 valence electrons. The van der Waals surface area contributed by atoms with Gasteiger partial charge in [0.2, 0.25) is 0 Å². The molecule has 1 aliphatic rings. The predicted molar refractivity (Wildman–Crippen MR) is 68.5 cm³/mol. The molecule has 0 spiro atoms. The van der Waals surface area contributed by atoms with Crippen molar-refractivity contribution >= 4 is 0 Å². The van der Waals surface area contributed by atoms with E-state index < -0.39 is 0 Å². The van der Waals surface area contributed by atoms with E-state index in [1.165, 1.54) is 36.2 Å². The molecule has 0 saturated heterocycles. The molecule has 2 nitrogen and oxygen atoms in total. The van der Waals surface area contributed by atoms with E-state index >= 15 is 0 Å². The van der Waals surface area contributed by atoms with E-state index in [1.54, 1.807) is 0 Å². The van der Waals surface area contributed by atoms with Crippen molar-refractivity contribution in [2.45, 2.75) is 52.6 Å². The van der Waals surface area contributed by atoms with Crippen molar-refractivity contribution in [3.63, 3.8) is 0 Å². The van der Waals surface area contributed by atoms with Gasteiger partial charge in [0, 0.05) is 31.0 Å². The normalized spacial score (nSPS) is 25.2. The molecule has 1 saturated carbocycles. The Kier molecular flexibility index (Phi) is 3.38. The summed E-state index contributed by atoms with van der Waals surface area (Å²) in [6, 6.07) is 3.05. The Morgan fingerprint density at radius 3 is 2.62 bits per heavy atom. The molecule has 0 radical (unpaired) electrons. The second kappa shape index (κ2) is 4.62. The van der Waals surface area contributed by atoms with Crippen LogP contribution in [0.2, 0.25) is 0 Å². The van der Waals surface area contributed by atoms with E-state index in [2.05, 4.69) is 43.8 Å². The minimum atomic E-state index is 0.745. The standard InChI is InChI=1S/C14H24N2/c1-10-5-6-14(7-10)15-9-13-8-11(2)16(4)12(13)3/h8,10,14-15H,5-7,9H2,1-4H3. The van der Waals surface area contributed by atoms with E-state index in [0.717, 1.165) is 18.5 Å². The molecule has 16 heavy (non-hydrogen) atoms. The molecule has 2 heteroatoms. The molecule has 0 amide bonds. The smallest absolute Gasteiger partial charge is 0.0225 e. The topological polar surface area (TPSA) is 17.0 Å². The SMILES string of the molecule is Cc1cc(CNC2CCC(C)C2)c(C)n1C. The summed E-state index contributed by atoms with van der Waals surface area (Å²) in [4.78, 5) is 0. The number of nitrogens with one attached hydrogen (secondary N) is 1. The number of nitrogens with zero attached hydrogens (tertiary/aromatic N) is 1. The van der Waals surface area contributed by atoms with Crippen LogP contribution in [0.15, 0.2) is 6.07 Å². The summed E-state index contributed by atoms with van der Waals surface area (Å²) < 4.78 is 2.27. The van der Waals surface area contributed by atoms with Crippen molar-refractivity contribution in [3.05, 3.63) is 23.0 Å². The predicted octanol–water partition coefficient (Wildman–Crippen LogP) is 2.92. The van der Waals surface area contributed by atoms with Crippen LogP contribution < -0.4 is 5.32 Å². The quantitative estimate of drug-likeness (QED) is 0.829. The van der Waals surface area contributed by atoms with E-state index in [4.69, 9.17) is 0 Å². The zero-order chi connectivity index (χ0) is 11.7. The Hall–Kier alpha value is -0.760. The lowest BCUT2D eigenvalue weighted by Gasteiger charge is -2.12. The molecule has 0 aromatic carbocycles. The first-order chi connectivity index (χ1) is 7.58. The number of rotatable bonds is 3. The van der Waals surface area contributed by atoms with E-state index in [-0.39, 0.29) is 0 Å². The van der Waals surface area contributed by atoms with Gasteiger partial charge in [-0.2, -0.15) is 0 Å². The largest absolute Gasteiger partial charge is 0.352 e. The Morgan fingerprint density at radius 1 is 1.38 bits per heavy atom. The first-order valence-corrected chi connectivity index (χ1v) is 6.43. The van der Waals surface area contributed by atoms with Gasteiger partial charge in [-0.1, -0.05) is 6.92 Å². The van der Waals surface area contributed by atoms with Crippen LogP contribution in [0.3, 0.4) is 0 Å². The van der Waals surface area contributed by atoms with Crippen molar-refractivity contribution in [2.24, 2.45) is 13.0 Å². The number of aromatic nitrogens is 1. The molecule has 1 fully saturated rings. The van der Waals surface area contributed by atoms with E-state index in [0.29, 0.717) is 0 Å². The molecular weight excluding hydrogens is 196 g/mol. The van der Waals surface area contributed by atoms with Gasteiger partial charge in [0.05, 0.1) is 0 Å². The van der Waals surface area contributed by atoms with Gasteiger partial charge in [0.1, 0.15) is 0 Å². The highest BCUT2D eigenvalue weighted by atomic mass is 15.0. The van der Waals surface area contributed by atoms with Crippen LogP contribution in [0.25, 0.3) is 0 Å². The average molecular weight is 220 g/mol. The fraction of sp³-hybridized carbons (Fsp3) is 0.714. The second-order valence-electron chi connectivity index (χ2n) is 5.45. The second-order valence-corrected chi connectivity index (χ2v) is 5.45. The summed E-state index contributed by atoms with van der Waals surface area (Å²) in [6.45, 7) is 7.78. The third-order valence-electron chi connectivity index (χ3n) is 4.16. The van der Waals surface area contributed by atoms with Crippen LogP contribution in [0, 0.1) is 19.8 Å². The molecule has 2 rings (SSSR count). The average Bonchev–Trinajstić information content (AvgIpc) is 2.76. The van der Waals surface area contributed by atoms with Gasteiger partial charge < -0.3 is 9.88 Å². The summed E-state index contributed by atoms with van der Waals surface area (Å²) in [5.74, 6) is 0.913. The molecule has 1 aromatic rings. The molecule has 1 N–H and O–H groups in total. The van der Waals surface area contributed by atoms with Crippen LogP contribution in [0.4, 0.5) is 0 Å². The highest BCUT2D eigenvalue weighted by molar-refractivity contribution is 5.26. The monoisotopic (exact) mass is 220 g/mol. The molecule has 0 bridgehead atoms. The highest BCUT2D eigenvalue weighted by Crippen LogP contribution is 2.25. The molecule has 0 aliphatic heterocycles. The molecule has 1 aliphatic carbocycles. The first kappa shape index (κ1) is 11.7. The van der Waals surface area contributed by atoms with Crippen molar-refractivity contribution in [3.8, 4) is 0 Å². The van der Waals surface area contributed by atoms with Gasteiger partial charge in [-0.3, -0.25) is 0 Å². The van der Waals surface area contributed by atoms with Gasteiger partial charge in [0.15, 0.2) is 0 Å². The fourth-order valence-corrected chi connectivity index (χ4v) is 2.76. The molecular formula is C14H24N2. The van der Waals surface area contributed by atoms with Crippen molar-refractivity contribution in [1.82, 2.24) is 9.88 Å². The van der Waals surface area contributed by atoms with Crippen LogP contribution in [-0.2, 0) is 13.6 Å². The highest BCUT2D eigenvalue weighted by Gasteiger charge is 2.20. The maximum atomic E-state index is 3.70. The van der Waals surface area contributed by atoms with Gasteiger partial charge in [-0.25, -0.2) is 0 Å². The van der Waals surface area contributed by atoms with Gasteiger partial charge in [-0.15, -0.1) is 0 Å². The number of hydrogen-bond acceptors (Lipinski definition) is 1. The number of hydrogen-bond donors (Lipinski definition) is 1. The number of aryl methyl sites for hydroxylation is 1. The molecule has 2 atom stereocenters. The Morgan fingerprint density at radius 2 is 2.12 bits per heavy atom. The summed E-state index contributed by atoms with van der Waals surface area (Å²) in [5.41, 5.74) is 4.21. The van der Waals surface area contributed by atoms with Crippen molar-refractivity contribution in [1.29, 1.82) is 0 Å². The molecule has 2 unspecified atom stereocenters. The van der Waals surface area contributed by atoms with E-state index in [1.807, 2.05) is 0 Å². The Balaban J connectivity index is 1.92. The fourth-order valence-electron chi connectivity index (χ4n) is 2.76. The van der Waals surface area contributed by atoms with Crippen LogP contribution in [0.1, 0.15) is 43.1 Å². The van der Waals surface area contributed by atoms with Crippen molar-refractivity contribution < 1.29 is 0 Å². The molecule has 1 aromatic heterocycles. The van der Waals surface area contributed by atoms with Crippen LogP contribution in [-0.4, -0.2) is 10.6 Å². The summed E-state index contributed by atoms with van der Waals surface area (Å²) in [6.07, 6.45) is 4.10. The molecule has 1 heterocycles. The summed E-state index contributed by atoms with van der Waals surface area (Å²) in [5, 5.41) is 3.70. The summed E-state index contributed by atoms with van der Waals surface area (Å²) >= 11 is 0. The minimum Gasteiger partial charge on any atom is -0.352 e. The van der Waals surface area contributed by atoms with E-state index in [9.17, 15) is 0 Å². The zero-order valence-corrected chi connectivity index (χ0v) is 11.0. The maximum Gasteiger partial charge on any atom is 0.0225 e. The Bertz CT molecular complexity index is 365. The Labute approximate surface area is 99.0 Å². The van der Waals surface area contributed by atoms with Crippen molar-refractivity contribution in [2.75, 3.05) is 0 Å². The third kappa shape index (κ3) is 2.32. The maximum absolute atomic E-state index is 3.70. The van der Waals surface area contributed by atoms with Crippen LogP contribution >= 0.6 is 0 Å². The lowest BCUT2D eigenvalue weighted by atomic mass is 10.1. The first-order valence-electron chi connectivity index (χ1n) is 6.43. The summed E-state index contributed by atoms with van der Waals surface area (Å²) in [7, 11) is 2.14. The lowest BCUT2D eigenvalue weighted by Crippen LogP contribution is -2.25. The minimum absolute atomic E-state index is 0.745. The third-order valence-corrected chi connectivity index (χ3v) is 4.16.